The normalized spacial score (nSPS) is 7.71. The van der Waals surface area contributed by atoms with E-state index >= 15 is 0 Å². The SMILES string of the molecule is C=C(NC(=O)OC)SC.CC(=O)ON. The molecule has 0 aromatic heterocycles. The average molecular weight is 222 g/mol. The number of hydrogen-bond donors (Lipinski definition) is 2. The van der Waals surface area contributed by atoms with E-state index in [0.717, 1.165) is 0 Å². The van der Waals surface area contributed by atoms with Gasteiger partial charge < -0.3 is 9.57 Å². The number of hydrogen-bond acceptors (Lipinski definition) is 6. The first-order valence-corrected chi connectivity index (χ1v) is 4.65. The number of carbonyl (C=O) groups excluding carboxylic acids is 2. The quantitative estimate of drug-likeness (QED) is 0.665. The molecule has 0 fully saturated rings. The van der Waals surface area contributed by atoms with E-state index in [2.05, 4.69) is 27.4 Å². The molecule has 0 rings (SSSR count). The zero-order chi connectivity index (χ0) is 11.6. The van der Waals surface area contributed by atoms with Gasteiger partial charge in [0.1, 0.15) is 0 Å². The molecule has 0 aliphatic rings. The molecular formula is C7H14N2O4S. The van der Waals surface area contributed by atoms with Gasteiger partial charge in [0.05, 0.1) is 12.1 Å². The van der Waals surface area contributed by atoms with Crippen molar-refractivity contribution in [3.8, 4) is 0 Å². The monoisotopic (exact) mass is 222 g/mol. The first kappa shape index (κ1) is 15.3. The minimum Gasteiger partial charge on any atom is -0.453 e. The van der Waals surface area contributed by atoms with Gasteiger partial charge in [0, 0.05) is 6.92 Å². The molecule has 1 amide bonds. The maximum atomic E-state index is 10.4. The minimum absolute atomic E-state index is 0.468. The topological polar surface area (TPSA) is 90.6 Å². The van der Waals surface area contributed by atoms with Crippen molar-refractivity contribution in [3.63, 3.8) is 0 Å². The molecule has 0 saturated heterocycles. The lowest BCUT2D eigenvalue weighted by Crippen LogP contribution is -2.19. The third kappa shape index (κ3) is 13.4. The van der Waals surface area contributed by atoms with E-state index in [1.54, 1.807) is 0 Å². The maximum Gasteiger partial charge on any atom is 0.411 e. The van der Waals surface area contributed by atoms with E-state index in [1.807, 2.05) is 6.26 Å². The number of nitrogens with two attached hydrogens (primary N) is 1. The van der Waals surface area contributed by atoms with Crippen LogP contribution in [0.3, 0.4) is 0 Å². The summed E-state index contributed by atoms with van der Waals surface area (Å²) in [5, 5.41) is 2.97. The summed E-state index contributed by atoms with van der Waals surface area (Å²) < 4.78 is 4.30. The van der Waals surface area contributed by atoms with Crippen LogP contribution in [0.15, 0.2) is 11.6 Å². The van der Waals surface area contributed by atoms with Crippen LogP contribution in [0.25, 0.3) is 0 Å². The van der Waals surface area contributed by atoms with E-state index in [4.69, 9.17) is 0 Å². The Morgan fingerprint density at radius 3 is 2.14 bits per heavy atom. The predicted octanol–water partition coefficient (Wildman–Crippen LogP) is 0.600. The molecule has 7 heteroatoms. The smallest absolute Gasteiger partial charge is 0.411 e. The van der Waals surface area contributed by atoms with Crippen LogP contribution < -0.4 is 11.2 Å². The lowest BCUT2D eigenvalue weighted by molar-refractivity contribution is -0.141. The number of thioether (sulfide) groups is 1. The molecule has 0 aliphatic carbocycles. The molecule has 3 N–H and O–H groups in total. The van der Waals surface area contributed by atoms with Gasteiger partial charge in [-0.15, -0.1) is 11.8 Å². The van der Waals surface area contributed by atoms with Crippen LogP contribution in [0.5, 0.6) is 0 Å². The van der Waals surface area contributed by atoms with Gasteiger partial charge >= 0.3 is 12.1 Å². The van der Waals surface area contributed by atoms with Crippen molar-refractivity contribution in [2.75, 3.05) is 13.4 Å². The summed E-state index contributed by atoms with van der Waals surface area (Å²) in [5.41, 5.74) is 0. The van der Waals surface area contributed by atoms with Crippen LogP contribution in [0, 0.1) is 0 Å². The van der Waals surface area contributed by atoms with Gasteiger partial charge in [-0.3, -0.25) is 10.1 Å². The lowest BCUT2D eigenvalue weighted by Gasteiger charge is -2.01. The second kappa shape index (κ2) is 9.87. The molecule has 0 saturated carbocycles. The Kier molecular flexibility index (Phi) is 10.8. The molecule has 0 aliphatic heterocycles. The van der Waals surface area contributed by atoms with Crippen molar-refractivity contribution in [2.24, 2.45) is 5.90 Å². The summed E-state index contributed by atoms with van der Waals surface area (Å²) >= 11 is 1.36. The molecule has 0 spiro atoms. The van der Waals surface area contributed by atoms with Crippen molar-refractivity contribution < 1.29 is 19.2 Å². The van der Waals surface area contributed by atoms with Crippen LogP contribution in [-0.2, 0) is 14.4 Å². The number of rotatable bonds is 2. The zero-order valence-corrected chi connectivity index (χ0v) is 9.14. The van der Waals surface area contributed by atoms with E-state index in [1.165, 1.54) is 25.8 Å². The highest BCUT2D eigenvalue weighted by atomic mass is 32.2. The van der Waals surface area contributed by atoms with Crippen molar-refractivity contribution in [3.05, 3.63) is 11.6 Å². The highest BCUT2D eigenvalue weighted by Gasteiger charge is 1.97. The summed E-state index contributed by atoms with van der Waals surface area (Å²) in [5.74, 6) is 3.85. The highest BCUT2D eigenvalue weighted by Crippen LogP contribution is 2.02. The Labute approximate surface area is 86.8 Å². The Morgan fingerprint density at radius 1 is 1.50 bits per heavy atom. The zero-order valence-electron chi connectivity index (χ0n) is 8.33. The molecule has 0 heterocycles. The van der Waals surface area contributed by atoms with Crippen LogP contribution in [0.2, 0.25) is 0 Å². The number of amides is 1. The highest BCUT2D eigenvalue weighted by molar-refractivity contribution is 8.02. The molecule has 6 nitrogen and oxygen atoms in total. The second-order valence-corrected chi connectivity index (χ2v) is 2.75. The molecule has 14 heavy (non-hydrogen) atoms. The summed E-state index contributed by atoms with van der Waals surface area (Å²) in [4.78, 5) is 23.4. The number of methoxy groups -OCH3 is 1. The number of ether oxygens (including phenoxy) is 1. The first-order chi connectivity index (χ1) is 6.47. The summed E-state index contributed by atoms with van der Waals surface area (Å²) in [7, 11) is 1.31. The molecule has 0 aromatic rings. The van der Waals surface area contributed by atoms with Crippen LogP contribution in [0.1, 0.15) is 6.92 Å². The Morgan fingerprint density at radius 2 is 1.93 bits per heavy atom. The molecule has 82 valence electrons. The van der Waals surface area contributed by atoms with Gasteiger partial charge in [0.2, 0.25) is 0 Å². The van der Waals surface area contributed by atoms with E-state index in [-0.39, 0.29) is 0 Å². The van der Waals surface area contributed by atoms with Crippen molar-refractivity contribution in [1.29, 1.82) is 0 Å². The first-order valence-electron chi connectivity index (χ1n) is 3.43. The summed E-state index contributed by atoms with van der Waals surface area (Å²) in [6.45, 7) is 4.75. The standard InChI is InChI=1S/C5H9NO2S.C2H5NO2/c1-4(9-3)6-5(7)8-2;1-2(4)5-3/h1H2,2-3H3,(H,6,7);3H2,1H3. The number of alkyl carbamates (subject to hydrolysis) is 1. The third-order valence-electron chi connectivity index (χ3n) is 0.839. The maximum absolute atomic E-state index is 10.4. The van der Waals surface area contributed by atoms with Crippen LogP contribution >= 0.6 is 11.8 Å². The van der Waals surface area contributed by atoms with Gasteiger partial charge in [-0.2, -0.15) is 5.90 Å². The lowest BCUT2D eigenvalue weighted by atomic mass is 10.8. The molecule has 0 aromatic carbocycles. The Balaban J connectivity index is 0. The van der Waals surface area contributed by atoms with Gasteiger partial charge in [-0.1, -0.05) is 6.58 Å². The summed E-state index contributed by atoms with van der Waals surface area (Å²) in [6, 6.07) is 0. The van der Waals surface area contributed by atoms with Crippen molar-refractivity contribution in [2.45, 2.75) is 6.92 Å². The molecule has 0 radical (unpaired) electrons. The predicted molar refractivity (Wildman–Crippen MR) is 54.1 cm³/mol. The van der Waals surface area contributed by atoms with Gasteiger partial charge in [-0.05, 0) is 6.26 Å². The minimum atomic E-state index is -0.477. The van der Waals surface area contributed by atoms with Gasteiger partial charge in [0.15, 0.2) is 0 Å². The van der Waals surface area contributed by atoms with Crippen molar-refractivity contribution in [1.82, 2.24) is 5.32 Å². The second-order valence-electron chi connectivity index (χ2n) is 1.85. The Bertz CT molecular complexity index is 194. The van der Waals surface area contributed by atoms with E-state index in [9.17, 15) is 9.59 Å². The summed E-state index contributed by atoms with van der Waals surface area (Å²) in [6.07, 6.45) is 1.34. The number of nitrogens with one attached hydrogen (secondary N) is 1. The third-order valence-corrected chi connectivity index (χ3v) is 1.43. The largest absolute Gasteiger partial charge is 0.453 e. The molecule has 0 bridgehead atoms. The molecule has 0 atom stereocenters. The van der Waals surface area contributed by atoms with E-state index < -0.39 is 12.1 Å². The van der Waals surface area contributed by atoms with E-state index in [0.29, 0.717) is 5.03 Å². The van der Waals surface area contributed by atoms with Gasteiger partial charge in [0.25, 0.3) is 0 Å². The fraction of sp³-hybridized carbons (Fsp3) is 0.429. The Hall–Kier alpha value is -1.21. The molecule has 0 unspecified atom stereocenters. The number of carbonyl (C=O) groups is 2. The van der Waals surface area contributed by atoms with Crippen LogP contribution in [-0.4, -0.2) is 25.4 Å². The van der Waals surface area contributed by atoms with Crippen LogP contribution in [0.4, 0.5) is 4.79 Å². The fourth-order valence-electron chi connectivity index (χ4n) is 0.216. The molecular weight excluding hydrogens is 208 g/mol. The van der Waals surface area contributed by atoms with Crippen molar-refractivity contribution >= 4 is 23.8 Å². The fourth-order valence-corrected chi connectivity index (χ4v) is 0.401. The average Bonchev–Trinajstić information content (AvgIpc) is 2.18. The van der Waals surface area contributed by atoms with Gasteiger partial charge in [-0.25, -0.2) is 4.79 Å².